The van der Waals surface area contributed by atoms with E-state index in [9.17, 15) is 8.78 Å². The molecule has 0 atom stereocenters. The second-order valence-electron chi connectivity index (χ2n) is 1.62. The van der Waals surface area contributed by atoms with Crippen LogP contribution in [0.4, 0.5) is 8.78 Å². The maximum atomic E-state index is 11.5. The molecule has 62 valence electrons. The molecule has 0 aliphatic carbocycles. The standard InChI is InChI=1S/C7H5F2O.BrH.Zn/c8-7(9)10-6-4-2-1-3-5-6;;/h1-2,4-5,7H;1H;/q-1;;+2/p-1. The van der Waals surface area contributed by atoms with Crippen molar-refractivity contribution in [1.82, 2.24) is 0 Å². The molecule has 0 aliphatic heterocycles. The Kier molecular flexibility index (Phi) is 7.61. The first-order valence-electron chi connectivity index (χ1n) is 2.96. The molecule has 1 aromatic carbocycles. The van der Waals surface area contributed by atoms with Crippen molar-refractivity contribution in [3.05, 3.63) is 30.3 Å². The van der Waals surface area contributed by atoms with Crippen LogP contribution < -0.4 is 4.74 Å². The predicted molar refractivity (Wildman–Crippen MR) is 40.8 cm³/mol. The van der Waals surface area contributed by atoms with Gasteiger partial charge >= 0.3 is 36.6 Å². The van der Waals surface area contributed by atoms with Gasteiger partial charge in [0, 0.05) is 5.75 Å². The molecule has 0 aliphatic rings. The van der Waals surface area contributed by atoms with Gasteiger partial charge in [-0.05, 0) is 0 Å². The van der Waals surface area contributed by atoms with Crippen LogP contribution in [0.2, 0.25) is 0 Å². The zero-order valence-electron chi connectivity index (χ0n) is 6.14. The minimum atomic E-state index is -2.75. The summed E-state index contributed by atoms with van der Waals surface area (Å²) in [5.41, 5.74) is 0. The third kappa shape index (κ3) is 5.61. The average molecular weight is 288 g/mol. The number of rotatable bonds is 2. The molecule has 12 heavy (non-hydrogen) atoms. The number of alkyl halides is 2. The molecule has 0 spiro atoms. The fraction of sp³-hybridized carbons (Fsp3) is 0.143. The molecule has 1 rings (SSSR count). The van der Waals surface area contributed by atoms with E-state index in [-0.39, 0.29) is 5.75 Å². The van der Waals surface area contributed by atoms with E-state index in [0.29, 0.717) is 0 Å². The van der Waals surface area contributed by atoms with Gasteiger partial charge in [-0.15, -0.1) is 12.1 Å². The van der Waals surface area contributed by atoms with E-state index < -0.39 is 6.61 Å². The van der Waals surface area contributed by atoms with E-state index in [1.54, 1.807) is 12.1 Å². The fourth-order valence-electron chi connectivity index (χ4n) is 0.553. The third-order valence-electron chi connectivity index (χ3n) is 0.904. The van der Waals surface area contributed by atoms with Gasteiger partial charge in [0.2, 0.25) is 0 Å². The summed E-state index contributed by atoms with van der Waals surface area (Å²) in [6, 6.07) is 8.60. The topological polar surface area (TPSA) is 9.23 Å². The molecule has 0 N–H and O–H groups in total. The first kappa shape index (κ1) is 12.0. The Morgan fingerprint density at radius 2 is 2.17 bits per heavy atom. The molecular weight excluding hydrogens is 283 g/mol. The Labute approximate surface area is 86.1 Å². The van der Waals surface area contributed by atoms with Crippen molar-refractivity contribution in [3.63, 3.8) is 0 Å². The summed E-state index contributed by atoms with van der Waals surface area (Å²) in [5, 5.41) is 0. The number of benzene rings is 1. The van der Waals surface area contributed by atoms with Crippen LogP contribution in [0.25, 0.3) is 0 Å². The summed E-state index contributed by atoms with van der Waals surface area (Å²) in [7, 11) is 0. The summed E-state index contributed by atoms with van der Waals surface area (Å²) in [6.07, 6.45) is 0. The Morgan fingerprint density at radius 3 is 2.58 bits per heavy atom. The molecule has 0 fully saturated rings. The van der Waals surface area contributed by atoms with E-state index >= 15 is 0 Å². The van der Waals surface area contributed by atoms with E-state index in [4.69, 9.17) is 0 Å². The quantitative estimate of drug-likeness (QED) is 0.600. The van der Waals surface area contributed by atoms with Crippen molar-refractivity contribution < 1.29 is 29.9 Å². The van der Waals surface area contributed by atoms with Gasteiger partial charge in [-0.3, -0.25) is 0 Å². The molecule has 0 unspecified atom stereocenters. The van der Waals surface area contributed by atoms with Crippen molar-refractivity contribution in [1.29, 1.82) is 0 Å². The molecule has 0 bridgehead atoms. The van der Waals surface area contributed by atoms with Crippen LogP contribution in [-0.4, -0.2) is 6.61 Å². The van der Waals surface area contributed by atoms with Gasteiger partial charge in [-0.1, -0.05) is 0 Å². The normalized spacial score (nSPS) is 8.83. The molecule has 0 saturated heterocycles. The maximum absolute atomic E-state index is 11.5. The second kappa shape index (κ2) is 7.62. The molecule has 1 aromatic rings. The van der Waals surface area contributed by atoms with Gasteiger partial charge in [0.15, 0.2) is 0 Å². The molecule has 0 heterocycles. The SMILES string of the molecule is FC(F)Oc1c[c-]ccc1.[Zn+][Br]. The molecule has 0 aromatic heterocycles. The van der Waals surface area contributed by atoms with E-state index in [1.165, 1.54) is 28.5 Å². The van der Waals surface area contributed by atoms with E-state index in [0.717, 1.165) is 0 Å². The number of hydrogen-bond donors (Lipinski definition) is 0. The zero-order chi connectivity index (χ0) is 9.40. The van der Waals surface area contributed by atoms with Crippen molar-refractivity contribution >= 4 is 13.6 Å². The van der Waals surface area contributed by atoms with E-state index in [1.807, 2.05) is 0 Å². The zero-order valence-corrected chi connectivity index (χ0v) is 10.7. The van der Waals surface area contributed by atoms with Crippen LogP contribution in [0.15, 0.2) is 24.3 Å². The first-order chi connectivity index (χ1) is 5.79. The Morgan fingerprint density at radius 1 is 1.50 bits per heavy atom. The molecule has 0 saturated carbocycles. The van der Waals surface area contributed by atoms with Crippen LogP contribution in [0, 0.1) is 6.07 Å². The van der Waals surface area contributed by atoms with Gasteiger partial charge in [-0.2, -0.15) is 27.0 Å². The monoisotopic (exact) mass is 286 g/mol. The summed E-state index contributed by atoms with van der Waals surface area (Å²) in [5.74, 6) is 0.137. The van der Waals surface area contributed by atoms with Crippen molar-refractivity contribution in [3.8, 4) is 5.75 Å². The van der Waals surface area contributed by atoms with Crippen molar-refractivity contribution in [2.45, 2.75) is 6.61 Å². The van der Waals surface area contributed by atoms with Gasteiger partial charge < -0.3 is 4.74 Å². The minimum absolute atomic E-state index is 0.137. The van der Waals surface area contributed by atoms with Crippen molar-refractivity contribution in [2.75, 3.05) is 0 Å². The molecule has 0 amide bonds. The summed E-state index contributed by atoms with van der Waals surface area (Å²) in [4.78, 5) is 0. The summed E-state index contributed by atoms with van der Waals surface area (Å²) >= 11 is 4.25. The van der Waals surface area contributed by atoms with Crippen LogP contribution in [-0.2, 0) is 16.3 Å². The van der Waals surface area contributed by atoms with Crippen LogP contribution in [0.5, 0.6) is 5.75 Å². The average Bonchev–Trinajstić information content (AvgIpc) is 2.08. The second-order valence-corrected chi connectivity index (χ2v) is 1.62. The number of ether oxygens (including phenoxy) is 1. The van der Waals surface area contributed by atoms with Gasteiger partial charge in [0.1, 0.15) is 0 Å². The molecule has 1 nitrogen and oxygen atoms in total. The summed E-state index contributed by atoms with van der Waals surface area (Å²) in [6.45, 7) is -2.75. The van der Waals surface area contributed by atoms with Crippen molar-refractivity contribution in [2.24, 2.45) is 0 Å². The van der Waals surface area contributed by atoms with Gasteiger partial charge in [0.05, 0.1) is 0 Å². The molecule has 5 heteroatoms. The van der Waals surface area contributed by atoms with Crippen LogP contribution >= 0.6 is 13.6 Å². The Balaban J connectivity index is 0.000000561. The summed E-state index contributed by atoms with van der Waals surface area (Å²) < 4.78 is 27.0. The number of hydrogen-bond acceptors (Lipinski definition) is 1. The Hall–Kier alpha value is -0.0166. The molecule has 0 radical (unpaired) electrons. The van der Waals surface area contributed by atoms with Crippen LogP contribution in [0.1, 0.15) is 0 Å². The van der Waals surface area contributed by atoms with Gasteiger partial charge in [-0.25, -0.2) is 0 Å². The molecular formula is C7H5BrF2OZn. The predicted octanol–water partition coefficient (Wildman–Crippen LogP) is 2.93. The third-order valence-corrected chi connectivity index (χ3v) is 0.904. The van der Waals surface area contributed by atoms with Crippen LogP contribution in [0.3, 0.4) is 0 Å². The first-order valence-corrected chi connectivity index (χ1v) is 9.91. The van der Waals surface area contributed by atoms with Gasteiger partial charge in [0.25, 0.3) is 0 Å². The van der Waals surface area contributed by atoms with E-state index in [2.05, 4.69) is 24.4 Å². The number of halogens is 3. The Bertz CT molecular complexity index is 196. The fourth-order valence-corrected chi connectivity index (χ4v) is 0.553.